The smallest absolute Gasteiger partial charge is 0.255 e. The molecule has 1 N–H and O–H groups in total. The van der Waals surface area contributed by atoms with Crippen LogP contribution < -0.4 is 10.2 Å². The highest BCUT2D eigenvalue weighted by molar-refractivity contribution is 8.00. The van der Waals surface area contributed by atoms with Gasteiger partial charge in [0.25, 0.3) is 5.91 Å². The van der Waals surface area contributed by atoms with Gasteiger partial charge in [0.1, 0.15) is 5.37 Å². The van der Waals surface area contributed by atoms with Crippen molar-refractivity contribution in [2.75, 3.05) is 16.0 Å². The van der Waals surface area contributed by atoms with Crippen molar-refractivity contribution in [3.63, 3.8) is 0 Å². The monoisotopic (exact) mass is 436 g/mol. The van der Waals surface area contributed by atoms with E-state index in [1.165, 1.54) is 0 Å². The Morgan fingerprint density at radius 3 is 2.27 bits per heavy atom. The van der Waals surface area contributed by atoms with Gasteiger partial charge in [-0.05, 0) is 79.1 Å². The highest BCUT2D eigenvalue weighted by Gasteiger charge is 2.34. The van der Waals surface area contributed by atoms with E-state index in [1.807, 2.05) is 55.1 Å². The number of amides is 2. The molecular formula is C24H21ClN2O2S. The van der Waals surface area contributed by atoms with Crippen molar-refractivity contribution in [2.45, 2.75) is 19.2 Å². The fourth-order valence-corrected chi connectivity index (χ4v) is 4.88. The number of halogens is 1. The van der Waals surface area contributed by atoms with Gasteiger partial charge in [0, 0.05) is 22.0 Å². The van der Waals surface area contributed by atoms with Crippen LogP contribution in [0.3, 0.4) is 0 Å². The van der Waals surface area contributed by atoms with Gasteiger partial charge in [0.05, 0.1) is 5.75 Å². The number of hydrogen-bond acceptors (Lipinski definition) is 3. The summed E-state index contributed by atoms with van der Waals surface area (Å²) < 4.78 is 0. The predicted molar refractivity (Wildman–Crippen MR) is 124 cm³/mol. The summed E-state index contributed by atoms with van der Waals surface area (Å²) in [6, 6.07) is 20.6. The number of nitrogens with zero attached hydrogens (tertiary/aromatic N) is 1. The maximum Gasteiger partial charge on any atom is 0.255 e. The summed E-state index contributed by atoms with van der Waals surface area (Å²) >= 11 is 7.49. The van der Waals surface area contributed by atoms with Crippen molar-refractivity contribution < 1.29 is 9.59 Å². The zero-order valence-electron chi connectivity index (χ0n) is 16.7. The maximum absolute atomic E-state index is 12.6. The Morgan fingerprint density at radius 1 is 1.00 bits per heavy atom. The number of rotatable bonds is 4. The van der Waals surface area contributed by atoms with Gasteiger partial charge in [-0.25, -0.2) is 0 Å². The van der Waals surface area contributed by atoms with Crippen molar-refractivity contribution in [1.29, 1.82) is 0 Å². The van der Waals surface area contributed by atoms with Crippen molar-refractivity contribution in [1.82, 2.24) is 0 Å². The molecule has 0 bridgehead atoms. The Labute approximate surface area is 185 Å². The number of thioether (sulfide) groups is 1. The summed E-state index contributed by atoms with van der Waals surface area (Å²) in [5.74, 6) is 0.365. The molecule has 1 heterocycles. The van der Waals surface area contributed by atoms with Gasteiger partial charge < -0.3 is 5.32 Å². The fraction of sp³-hybridized carbons (Fsp3) is 0.167. The van der Waals surface area contributed by atoms with Gasteiger partial charge in [0.15, 0.2) is 0 Å². The second-order valence-corrected chi connectivity index (χ2v) is 8.86. The van der Waals surface area contributed by atoms with Gasteiger partial charge >= 0.3 is 0 Å². The SMILES string of the molecule is Cc1cc(C)cc(N2C(=O)CS[C@@H]2c2ccc(NC(=O)c3ccc(Cl)cc3)cc2)c1. The average Bonchev–Trinajstić information content (AvgIpc) is 3.10. The molecule has 0 radical (unpaired) electrons. The van der Waals surface area contributed by atoms with Crippen LogP contribution in [-0.4, -0.2) is 17.6 Å². The summed E-state index contributed by atoms with van der Waals surface area (Å²) in [4.78, 5) is 26.9. The molecule has 1 aliphatic heterocycles. The third-order valence-electron chi connectivity index (χ3n) is 4.91. The van der Waals surface area contributed by atoms with Crippen LogP contribution in [0.15, 0.2) is 66.7 Å². The van der Waals surface area contributed by atoms with E-state index >= 15 is 0 Å². The van der Waals surface area contributed by atoms with Crippen LogP contribution in [-0.2, 0) is 4.79 Å². The molecule has 30 heavy (non-hydrogen) atoms. The highest BCUT2D eigenvalue weighted by Crippen LogP contribution is 2.42. The number of carbonyl (C=O) groups excluding carboxylic acids is 2. The molecule has 2 amide bonds. The number of hydrogen-bond donors (Lipinski definition) is 1. The minimum atomic E-state index is -0.193. The average molecular weight is 437 g/mol. The third kappa shape index (κ3) is 4.37. The molecule has 3 aromatic carbocycles. The molecule has 6 heteroatoms. The minimum Gasteiger partial charge on any atom is -0.322 e. The molecule has 0 aliphatic carbocycles. The van der Waals surface area contributed by atoms with Crippen LogP contribution in [0, 0.1) is 13.8 Å². The lowest BCUT2D eigenvalue weighted by molar-refractivity contribution is -0.115. The lowest BCUT2D eigenvalue weighted by Crippen LogP contribution is -2.28. The van der Waals surface area contributed by atoms with E-state index < -0.39 is 0 Å². The molecule has 0 spiro atoms. The zero-order valence-corrected chi connectivity index (χ0v) is 18.3. The van der Waals surface area contributed by atoms with Gasteiger partial charge in [0.2, 0.25) is 5.91 Å². The van der Waals surface area contributed by atoms with E-state index in [4.69, 9.17) is 11.6 Å². The van der Waals surface area contributed by atoms with E-state index in [2.05, 4.69) is 11.4 Å². The van der Waals surface area contributed by atoms with Crippen LogP contribution in [0.4, 0.5) is 11.4 Å². The first kappa shape index (κ1) is 20.5. The van der Waals surface area contributed by atoms with Gasteiger partial charge in [-0.2, -0.15) is 0 Å². The minimum absolute atomic E-state index is 0.0836. The first-order valence-corrected chi connectivity index (χ1v) is 11.0. The number of aryl methyl sites for hydroxylation is 2. The Bertz CT molecular complexity index is 1080. The quantitative estimate of drug-likeness (QED) is 0.546. The molecule has 0 saturated carbocycles. The van der Waals surface area contributed by atoms with E-state index in [-0.39, 0.29) is 17.2 Å². The van der Waals surface area contributed by atoms with Gasteiger partial charge in [-0.3, -0.25) is 14.5 Å². The number of benzene rings is 3. The molecule has 0 unspecified atom stereocenters. The number of anilines is 2. The van der Waals surface area contributed by atoms with Crippen LogP contribution in [0.5, 0.6) is 0 Å². The van der Waals surface area contributed by atoms with Crippen molar-refractivity contribution >= 4 is 46.6 Å². The molecule has 1 saturated heterocycles. The fourth-order valence-electron chi connectivity index (χ4n) is 3.58. The molecular weight excluding hydrogens is 416 g/mol. The van der Waals surface area contributed by atoms with Crippen LogP contribution in [0.2, 0.25) is 5.02 Å². The number of carbonyl (C=O) groups is 2. The molecule has 4 rings (SSSR count). The normalized spacial score (nSPS) is 16.0. The Kier molecular flexibility index (Phi) is 5.84. The van der Waals surface area contributed by atoms with E-state index in [9.17, 15) is 9.59 Å². The highest BCUT2D eigenvalue weighted by atomic mass is 35.5. The summed E-state index contributed by atoms with van der Waals surface area (Å²) in [5.41, 5.74) is 5.46. The van der Waals surface area contributed by atoms with E-state index in [0.717, 1.165) is 22.4 Å². The van der Waals surface area contributed by atoms with Crippen molar-refractivity contribution in [3.05, 3.63) is 94.0 Å². The lowest BCUT2D eigenvalue weighted by atomic mass is 10.1. The molecule has 152 valence electrons. The molecule has 0 aromatic heterocycles. The summed E-state index contributed by atoms with van der Waals surface area (Å²) in [5, 5.41) is 3.40. The van der Waals surface area contributed by atoms with E-state index in [0.29, 0.717) is 22.0 Å². The van der Waals surface area contributed by atoms with Crippen molar-refractivity contribution in [2.24, 2.45) is 0 Å². The second-order valence-electron chi connectivity index (χ2n) is 7.36. The zero-order chi connectivity index (χ0) is 21.3. The lowest BCUT2D eigenvalue weighted by Gasteiger charge is -2.25. The van der Waals surface area contributed by atoms with Crippen LogP contribution in [0.1, 0.15) is 32.4 Å². The first-order chi connectivity index (χ1) is 14.4. The molecule has 4 nitrogen and oxygen atoms in total. The number of nitrogens with one attached hydrogen (secondary N) is 1. The van der Waals surface area contributed by atoms with E-state index in [1.54, 1.807) is 36.0 Å². The predicted octanol–water partition coefficient (Wildman–Crippen LogP) is 5.99. The van der Waals surface area contributed by atoms with Gasteiger partial charge in [-0.15, -0.1) is 11.8 Å². The Balaban J connectivity index is 1.53. The topological polar surface area (TPSA) is 49.4 Å². The van der Waals surface area contributed by atoms with Crippen LogP contribution in [0.25, 0.3) is 0 Å². The summed E-state index contributed by atoms with van der Waals surface area (Å²) in [7, 11) is 0. The second kappa shape index (κ2) is 8.54. The van der Waals surface area contributed by atoms with Gasteiger partial charge in [-0.1, -0.05) is 29.8 Å². The summed E-state index contributed by atoms with van der Waals surface area (Å²) in [6.07, 6.45) is 0. The molecule has 1 aliphatic rings. The Morgan fingerprint density at radius 2 is 1.63 bits per heavy atom. The first-order valence-electron chi connectivity index (χ1n) is 9.59. The summed E-state index contributed by atoms with van der Waals surface area (Å²) in [6.45, 7) is 4.08. The molecule has 1 fully saturated rings. The Hall–Kier alpha value is -2.76. The standard InChI is InChI=1S/C24H21ClN2O2S/c1-15-11-16(2)13-21(12-15)27-22(28)14-30-24(27)18-5-9-20(10-6-18)26-23(29)17-3-7-19(25)8-4-17/h3-13,24H,14H2,1-2H3,(H,26,29)/t24-/m1/s1. The molecule has 1 atom stereocenters. The third-order valence-corrected chi connectivity index (χ3v) is 6.38. The largest absolute Gasteiger partial charge is 0.322 e. The maximum atomic E-state index is 12.6. The van der Waals surface area contributed by atoms with Crippen molar-refractivity contribution in [3.8, 4) is 0 Å². The molecule has 3 aromatic rings. The van der Waals surface area contributed by atoms with Crippen LogP contribution >= 0.6 is 23.4 Å².